The summed E-state index contributed by atoms with van der Waals surface area (Å²) in [5.74, 6) is 0. The standard InChI is InChI=1S/C18H16N4O/c1-2-23-18-21-15-11-20-14-9-6-10-19-16(14)17(15)22(18)12-13-7-4-3-5-8-13/h3-11H,2,12H2,1H3. The molecule has 3 aromatic heterocycles. The molecule has 0 spiro atoms. The smallest absolute Gasteiger partial charge is 0.297 e. The van der Waals surface area contributed by atoms with Gasteiger partial charge in [-0.2, -0.15) is 4.98 Å². The maximum Gasteiger partial charge on any atom is 0.297 e. The van der Waals surface area contributed by atoms with Gasteiger partial charge < -0.3 is 4.74 Å². The Labute approximate surface area is 133 Å². The second-order valence-corrected chi connectivity index (χ2v) is 5.26. The van der Waals surface area contributed by atoms with Gasteiger partial charge in [0.25, 0.3) is 6.01 Å². The molecule has 23 heavy (non-hydrogen) atoms. The first-order valence-electron chi connectivity index (χ1n) is 7.63. The molecule has 1 aromatic carbocycles. The maximum atomic E-state index is 5.74. The van der Waals surface area contributed by atoms with E-state index in [9.17, 15) is 0 Å². The number of imidazole rings is 1. The van der Waals surface area contributed by atoms with Gasteiger partial charge in [-0.05, 0) is 24.6 Å². The van der Waals surface area contributed by atoms with Crippen molar-refractivity contribution in [3.63, 3.8) is 0 Å². The lowest BCUT2D eigenvalue weighted by Crippen LogP contribution is -2.05. The van der Waals surface area contributed by atoms with E-state index in [4.69, 9.17) is 4.74 Å². The number of hydrogen-bond acceptors (Lipinski definition) is 4. The van der Waals surface area contributed by atoms with Gasteiger partial charge in [-0.25, -0.2) is 0 Å². The normalized spacial score (nSPS) is 11.2. The fraction of sp³-hybridized carbons (Fsp3) is 0.167. The lowest BCUT2D eigenvalue weighted by atomic mass is 10.2. The zero-order valence-corrected chi connectivity index (χ0v) is 12.8. The molecule has 4 aromatic rings. The van der Waals surface area contributed by atoms with Gasteiger partial charge in [0.05, 0.1) is 24.9 Å². The SMILES string of the molecule is CCOc1nc2cnc3cccnc3c2n1Cc1ccccc1. The van der Waals surface area contributed by atoms with Crippen molar-refractivity contribution < 1.29 is 4.74 Å². The van der Waals surface area contributed by atoms with Gasteiger partial charge in [0.2, 0.25) is 0 Å². The number of rotatable bonds is 4. The molecule has 0 N–H and O–H groups in total. The monoisotopic (exact) mass is 304 g/mol. The van der Waals surface area contributed by atoms with Crippen LogP contribution in [-0.4, -0.2) is 26.1 Å². The van der Waals surface area contributed by atoms with Gasteiger partial charge in [0, 0.05) is 6.20 Å². The Morgan fingerprint density at radius 2 is 1.87 bits per heavy atom. The van der Waals surface area contributed by atoms with E-state index in [0.717, 1.165) is 22.1 Å². The van der Waals surface area contributed by atoms with E-state index >= 15 is 0 Å². The number of ether oxygens (including phenoxy) is 1. The van der Waals surface area contributed by atoms with Crippen LogP contribution in [0.3, 0.4) is 0 Å². The van der Waals surface area contributed by atoms with E-state index in [2.05, 4.69) is 31.7 Å². The Kier molecular flexibility index (Phi) is 3.38. The number of benzene rings is 1. The third-order valence-electron chi connectivity index (χ3n) is 3.75. The first-order valence-corrected chi connectivity index (χ1v) is 7.63. The molecule has 0 amide bonds. The molecule has 3 heterocycles. The van der Waals surface area contributed by atoms with E-state index in [1.807, 2.05) is 37.3 Å². The molecule has 0 fully saturated rings. The van der Waals surface area contributed by atoms with Crippen LogP contribution in [0.15, 0.2) is 54.9 Å². The highest BCUT2D eigenvalue weighted by Crippen LogP contribution is 2.27. The van der Waals surface area contributed by atoms with E-state index in [0.29, 0.717) is 19.2 Å². The van der Waals surface area contributed by atoms with Crippen LogP contribution in [0.4, 0.5) is 0 Å². The highest BCUT2D eigenvalue weighted by Gasteiger charge is 2.16. The largest absolute Gasteiger partial charge is 0.465 e. The van der Waals surface area contributed by atoms with Crippen LogP contribution in [0.1, 0.15) is 12.5 Å². The zero-order chi connectivity index (χ0) is 15.6. The van der Waals surface area contributed by atoms with Crippen LogP contribution in [-0.2, 0) is 6.54 Å². The summed E-state index contributed by atoms with van der Waals surface area (Å²) < 4.78 is 7.81. The third-order valence-corrected chi connectivity index (χ3v) is 3.75. The maximum absolute atomic E-state index is 5.74. The average Bonchev–Trinajstić information content (AvgIpc) is 2.94. The van der Waals surface area contributed by atoms with Crippen LogP contribution < -0.4 is 4.74 Å². The molecule has 0 aliphatic carbocycles. The second kappa shape index (κ2) is 5.68. The van der Waals surface area contributed by atoms with Gasteiger partial charge in [0.1, 0.15) is 16.6 Å². The van der Waals surface area contributed by atoms with Crippen molar-refractivity contribution in [1.82, 2.24) is 19.5 Å². The summed E-state index contributed by atoms with van der Waals surface area (Å²) in [6, 6.07) is 14.7. The quantitative estimate of drug-likeness (QED) is 0.579. The van der Waals surface area contributed by atoms with Gasteiger partial charge >= 0.3 is 0 Å². The van der Waals surface area contributed by atoms with Gasteiger partial charge in [-0.15, -0.1) is 0 Å². The molecule has 0 aliphatic rings. The predicted molar refractivity (Wildman–Crippen MR) is 89.5 cm³/mol. The number of pyridine rings is 2. The van der Waals surface area contributed by atoms with E-state index in [1.54, 1.807) is 12.4 Å². The first kappa shape index (κ1) is 13.7. The molecule has 0 aliphatic heterocycles. The zero-order valence-electron chi connectivity index (χ0n) is 12.8. The first-order chi connectivity index (χ1) is 11.4. The molecule has 5 heteroatoms. The Bertz CT molecular complexity index is 963. The minimum Gasteiger partial charge on any atom is -0.465 e. The third kappa shape index (κ3) is 2.40. The molecule has 5 nitrogen and oxygen atoms in total. The summed E-state index contributed by atoms with van der Waals surface area (Å²) in [6.45, 7) is 3.21. The van der Waals surface area contributed by atoms with Crippen molar-refractivity contribution in [3.8, 4) is 6.01 Å². The summed E-state index contributed by atoms with van der Waals surface area (Å²) in [5.41, 5.74) is 4.66. The Hall–Kier alpha value is -2.95. The van der Waals surface area contributed by atoms with E-state index in [1.165, 1.54) is 5.56 Å². The van der Waals surface area contributed by atoms with E-state index < -0.39 is 0 Å². The molecule has 114 valence electrons. The molecular weight excluding hydrogens is 288 g/mol. The number of aromatic nitrogens is 4. The summed E-state index contributed by atoms with van der Waals surface area (Å²) >= 11 is 0. The van der Waals surface area contributed by atoms with Crippen molar-refractivity contribution >= 4 is 22.1 Å². The van der Waals surface area contributed by atoms with Crippen LogP contribution in [0.25, 0.3) is 22.1 Å². The van der Waals surface area contributed by atoms with Crippen molar-refractivity contribution in [3.05, 3.63) is 60.4 Å². The molecule has 0 atom stereocenters. The highest BCUT2D eigenvalue weighted by molar-refractivity contribution is 5.99. The van der Waals surface area contributed by atoms with Gasteiger partial charge in [-0.3, -0.25) is 14.5 Å². The van der Waals surface area contributed by atoms with Crippen molar-refractivity contribution in [2.45, 2.75) is 13.5 Å². The molecule has 0 saturated heterocycles. The summed E-state index contributed by atoms with van der Waals surface area (Å²) in [4.78, 5) is 13.5. The molecule has 4 rings (SSSR count). The Morgan fingerprint density at radius 3 is 2.70 bits per heavy atom. The average molecular weight is 304 g/mol. The lowest BCUT2D eigenvalue weighted by molar-refractivity contribution is 0.301. The minimum atomic E-state index is 0.566. The van der Waals surface area contributed by atoms with Gasteiger partial charge in [-0.1, -0.05) is 30.3 Å². The molecule has 0 unspecified atom stereocenters. The van der Waals surface area contributed by atoms with E-state index in [-0.39, 0.29) is 0 Å². The van der Waals surface area contributed by atoms with Crippen LogP contribution >= 0.6 is 0 Å². The second-order valence-electron chi connectivity index (χ2n) is 5.26. The topological polar surface area (TPSA) is 52.8 Å². The van der Waals surface area contributed by atoms with Crippen LogP contribution in [0.2, 0.25) is 0 Å². The summed E-state index contributed by atoms with van der Waals surface area (Å²) in [6.07, 6.45) is 3.56. The Balaban J connectivity index is 1.98. The Morgan fingerprint density at radius 1 is 1.00 bits per heavy atom. The van der Waals surface area contributed by atoms with Crippen molar-refractivity contribution in [2.24, 2.45) is 0 Å². The van der Waals surface area contributed by atoms with Crippen molar-refractivity contribution in [2.75, 3.05) is 6.61 Å². The molecule has 0 radical (unpaired) electrons. The molecule has 0 bridgehead atoms. The van der Waals surface area contributed by atoms with Crippen LogP contribution in [0.5, 0.6) is 6.01 Å². The van der Waals surface area contributed by atoms with Crippen molar-refractivity contribution in [1.29, 1.82) is 0 Å². The predicted octanol–water partition coefficient (Wildman–Crippen LogP) is 3.43. The fourth-order valence-electron chi connectivity index (χ4n) is 2.76. The lowest BCUT2D eigenvalue weighted by Gasteiger charge is -2.10. The summed E-state index contributed by atoms with van der Waals surface area (Å²) in [5, 5.41) is 0. The fourth-order valence-corrected chi connectivity index (χ4v) is 2.76. The highest BCUT2D eigenvalue weighted by atomic mass is 16.5. The number of fused-ring (bicyclic) bond motifs is 3. The van der Waals surface area contributed by atoms with Gasteiger partial charge in [0.15, 0.2) is 0 Å². The minimum absolute atomic E-state index is 0.566. The number of hydrogen-bond donors (Lipinski definition) is 0. The summed E-state index contributed by atoms with van der Waals surface area (Å²) in [7, 11) is 0. The number of nitrogens with zero attached hydrogens (tertiary/aromatic N) is 4. The molecular formula is C18H16N4O. The van der Waals surface area contributed by atoms with Crippen LogP contribution in [0, 0.1) is 0 Å². The molecule has 0 saturated carbocycles.